The van der Waals surface area contributed by atoms with E-state index >= 15 is 0 Å². The van der Waals surface area contributed by atoms with Crippen LogP contribution < -0.4 is 4.74 Å². The normalized spacial score (nSPS) is 15.8. The van der Waals surface area contributed by atoms with Crippen molar-refractivity contribution in [2.45, 2.75) is 45.4 Å². The number of carbonyl (C=O) groups excluding carboxylic acids is 1. The Morgan fingerprint density at radius 2 is 1.97 bits per heavy atom. The lowest BCUT2D eigenvalue weighted by atomic mass is 9.99. The van der Waals surface area contributed by atoms with Crippen LogP contribution in [0.15, 0.2) is 55.1 Å². The van der Waals surface area contributed by atoms with Crippen molar-refractivity contribution in [3.8, 4) is 22.8 Å². The van der Waals surface area contributed by atoms with Gasteiger partial charge in [-0.3, -0.25) is 9.48 Å². The number of aromatic nitrogens is 6. The van der Waals surface area contributed by atoms with E-state index < -0.39 is 0 Å². The molecule has 1 aromatic carbocycles. The van der Waals surface area contributed by atoms with Crippen LogP contribution in [0.4, 0.5) is 0 Å². The minimum Gasteiger partial charge on any atom is -0.481 e. The van der Waals surface area contributed by atoms with Gasteiger partial charge in [0.2, 0.25) is 5.88 Å². The van der Waals surface area contributed by atoms with Gasteiger partial charge in [-0.1, -0.05) is 11.6 Å². The molecule has 1 atom stereocenters. The topological polar surface area (TPSA) is 111 Å². The quantitative estimate of drug-likeness (QED) is 0.427. The smallest absolute Gasteiger partial charge is 0.256 e. The van der Waals surface area contributed by atoms with Crippen molar-refractivity contribution < 1.29 is 14.6 Å². The lowest BCUT2D eigenvalue weighted by Gasteiger charge is -2.36. The van der Waals surface area contributed by atoms with Gasteiger partial charge in [-0.25, -0.2) is 4.98 Å². The Kier molecular flexibility index (Phi) is 6.77. The highest BCUT2D eigenvalue weighted by molar-refractivity contribution is 5.98. The molecule has 4 heterocycles. The predicted molar refractivity (Wildman–Crippen MR) is 133 cm³/mol. The number of benzene rings is 1. The predicted octanol–water partition coefficient (Wildman–Crippen LogP) is 3.03. The largest absolute Gasteiger partial charge is 0.481 e. The van der Waals surface area contributed by atoms with Crippen molar-refractivity contribution in [2.24, 2.45) is 0 Å². The Labute approximate surface area is 209 Å². The summed E-state index contributed by atoms with van der Waals surface area (Å²) in [6, 6.07) is 9.29. The van der Waals surface area contributed by atoms with E-state index in [9.17, 15) is 9.90 Å². The number of carbonyl (C=O) groups is 1. The minimum absolute atomic E-state index is 0.00390. The number of hydrogen-bond donors (Lipinski definition) is 1. The molecule has 5 rings (SSSR count). The number of amides is 1. The van der Waals surface area contributed by atoms with Crippen LogP contribution in [0, 0.1) is 6.92 Å². The summed E-state index contributed by atoms with van der Waals surface area (Å²) in [7, 11) is 1.55. The molecule has 10 heteroatoms. The summed E-state index contributed by atoms with van der Waals surface area (Å²) < 4.78 is 7.13. The summed E-state index contributed by atoms with van der Waals surface area (Å²) in [6.45, 7) is 3.14. The molecule has 1 N–H and O–H groups in total. The lowest BCUT2D eigenvalue weighted by molar-refractivity contribution is 0.0583. The van der Waals surface area contributed by atoms with Crippen molar-refractivity contribution in [2.75, 3.05) is 13.7 Å². The zero-order valence-corrected chi connectivity index (χ0v) is 20.4. The lowest BCUT2D eigenvalue weighted by Crippen LogP contribution is -2.46. The zero-order chi connectivity index (χ0) is 25.1. The standard InChI is InChI=1S/C26H29N7O3/c1-18-6-7-24(33-27-8-9-28-33)22(11-18)26(35)32-10-4-3-5-21(32)16-31-15-20(14-29-31)23-12-19(17-34)13-25(30-23)36-2/h6-9,11-15,21,34H,3-5,10,16-17H2,1-2H3/t21-/m0/s1. The minimum atomic E-state index is -0.103. The van der Waals surface area contributed by atoms with Gasteiger partial charge in [0.1, 0.15) is 0 Å². The van der Waals surface area contributed by atoms with E-state index in [1.165, 1.54) is 4.80 Å². The third-order valence-electron chi connectivity index (χ3n) is 6.48. The van der Waals surface area contributed by atoms with E-state index in [0.29, 0.717) is 41.5 Å². The Morgan fingerprint density at radius 3 is 2.75 bits per heavy atom. The van der Waals surface area contributed by atoms with E-state index in [2.05, 4.69) is 20.3 Å². The molecule has 1 saturated heterocycles. The summed E-state index contributed by atoms with van der Waals surface area (Å²) in [5.41, 5.74) is 4.49. The second-order valence-corrected chi connectivity index (χ2v) is 9.00. The first-order chi connectivity index (χ1) is 17.6. The fraction of sp³-hybridized carbons (Fsp3) is 0.346. The van der Waals surface area contributed by atoms with Gasteiger partial charge in [-0.15, -0.1) is 0 Å². The molecule has 4 aromatic rings. The number of piperidine rings is 1. The third kappa shape index (κ3) is 4.85. The van der Waals surface area contributed by atoms with Crippen LogP contribution in [0.5, 0.6) is 5.88 Å². The molecule has 3 aromatic heterocycles. The van der Waals surface area contributed by atoms with Gasteiger partial charge in [0, 0.05) is 24.4 Å². The van der Waals surface area contributed by atoms with E-state index in [0.717, 1.165) is 30.4 Å². The number of aliphatic hydroxyl groups is 1. The summed E-state index contributed by atoms with van der Waals surface area (Å²) in [4.78, 5) is 21.8. The Bertz CT molecular complexity index is 1330. The number of methoxy groups -OCH3 is 1. The van der Waals surface area contributed by atoms with Gasteiger partial charge in [-0.05, 0) is 49.9 Å². The number of ether oxygens (including phenoxy) is 1. The number of aliphatic hydroxyl groups excluding tert-OH is 1. The van der Waals surface area contributed by atoms with Gasteiger partial charge in [0.25, 0.3) is 5.91 Å². The molecule has 0 spiro atoms. The molecular weight excluding hydrogens is 458 g/mol. The molecule has 1 aliphatic heterocycles. The molecule has 1 amide bonds. The summed E-state index contributed by atoms with van der Waals surface area (Å²) in [5.74, 6) is 0.416. The first-order valence-electron chi connectivity index (χ1n) is 12.0. The molecule has 1 aliphatic rings. The average molecular weight is 488 g/mol. The van der Waals surface area contributed by atoms with Crippen molar-refractivity contribution in [3.63, 3.8) is 0 Å². The second-order valence-electron chi connectivity index (χ2n) is 9.00. The van der Waals surface area contributed by atoms with Gasteiger partial charge >= 0.3 is 0 Å². The highest BCUT2D eigenvalue weighted by atomic mass is 16.5. The highest BCUT2D eigenvalue weighted by Crippen LogP contribution is 2.26. The molecule has 0 radical (unpaired) electrons. The molecule has 0 aliphatic carbocycles. The van der Waals surface area contributed by atoms with Crippen LogP contribution in [0.1, 0.15) is 40.7 Å². The van der Waals surface area contributed by atoms with Crippen LogP contribution in [0.2, 0.25) is 0 Å². The number of hydrogen-bond acceptors (Lipinski definition) is 7. The summed E-state index contributed by atoms with van der Waals surface area (Å²) >= 11 is 0. The molecule has 1 fully saturated rings. The fourth-order valence-electron chi connectivity index (χ4n) is 4.66. The zero-order valence-electron chi connectivity index (χ0n) is 20.4. The van der Waals surface area contributed by atoms with Crippen LogP contribution in [-0.4, -0.2) is 65.4 Å². The molecule has 36 heavy (non-hydrogen) atoms. The van der Waals surface area contributed by atoms with Crippen molar-refractivity contribution in [1.82, 2.24) is 34.7 Å². The maximum Gasteiger partial charge on any atom is 0.256 e. The Hall–Kier alpha value is -4.05. The Balaban J connectivity index is 1.40. The number of likely N-dealkylation sites (tertiary alicyclic amines) is 1. The van der Waals surface area contributed by atoms with Crippen LogP contribution in [0.25, 0.3) is 16.9 Å². The highest BCUT2D eigenvalue weighted by Gasteiger charge is 2.30. The monoisotopic (exact) mass is 487 g/mol. The molecule has 0 saturated carbocycles. The van der Waals surface area contributed by atoms with E-state index in [1.54, 1.807) is 31.8 Å². The maximum absolute atomic E-state index is 13.8. The van der Waals surface area contributed by atoms with Crippen LogP contribution in [0.3, 0.4) is 0 Å². The van der Waals surface area contributed by atoms with E-state index in [1.807, 2.05) is 47.0 Å². The van der Waals surface area contributed by atoms with Gasteiger partial charge in [-0.2, -0.15) is 20.1 Å². The van der Waals surface area contributed by atoms with Crippen molar-refractivity contribution >= 4 is 5.91 Å². The van der Waals surface area contributed by atoms with Gasteiger partial charge < -0.3 is 14.7 Å². The maximum atomic E-state index is 13.8. The second kappa shape index (κ2) is 10.3. The molecule has 0 bridgehead atoms. The number of aryl methyl sites for hydroxylation is 1. The Morgan fingerprint density at radius 1 is 1.14 bits per heavy atom. The molecule has 10 nitrogen and oxygen atoms in total. The molecule has 186 valence electrons. The van der Waals surface area contributed by atoms with Crippen molar-refractivity contribution in [3.05, 3.63) is 71.8 Å². The summed E-state index contributed by atoms with van der Waals surface area (Å²) in [5, 5.41) is 22.6. The summed E-state index contributed by atoms with van der Waals surface area (Å²) in [6.07, 6.45) is 9.80. The van der Waals surface area contributed by atoms with Crippen LogP contribution >= 0.6 is 0 Å². The van der Waals surface area contributed by atoms with E-state index in [4.69, 9.17) is 4.74 Å². The average Bonchev–Trinajstić information content (AvgIpc) is 3.61. The fourth-order valence-corrected chi connectivity index (χ4v) is 4.66. The number of rotatable bonds is 7. The van der Waals surface area contributed by atoms with Gasteiger partial charge in [0.15, 0.2) is 0 Å². The van der Waals surface area contributed by atoms with Gasteiger partial charge in [0.05, 0.1) is 61.8 Å². The molecular formula is C26H29N7O3. The third-order valence-corrected chi connectivity index (χ3v) is 6.48. The molecule has 0 unspecified atom stereocenters. The number of nitrogens with zero attached hydrogens (tertiary/aromatic N) is 7. The first kappa shape index (κ1) is 23.7. The number of pyridine rings is 1. The van der Waals surface area contributed by atoms with E-state index in [-0.39, 0.29) is 18.6 Å². The SMILES string of the molecule is COc1cc(CO)cc(-c2cnn(C[C@@H]3CCCCN3C(=O)c3cc(C)ccc3-n3nccn3)c2)n1. The first-order valence-corrected chi connectivity index (χ1v) is 12.0. The van der Waals surface area contributed by atoms with Crippen LogP contribution in [-0.2, 0) is 13.2 Å². The van der Waals surface area contributed by atoms with Crippen molar-refractivity contribution in [1.29, 1.82) is 0 Å².